The maximum absolute atomic E-state index is 3.49. The minimum atomic E-state index is 0.282. The van der Waals surface area contributed by atoms with Crippen molar-refractivity contribution in [2.45, 2.75) is 51.5 Å². The molecular weight excluding hydrogens is 194 g/mol. The first-order valence-electron chi connectivity index (χ1n) is 6.47. The lowest BCUT2D eigenvalue weighted by molar-refractivity contribution is 0.276. The van der Waals surface area contributed by atoms with Gasteiger partial charge in [0.2, 0.25) is 0 Å². The van der Waals surface area contributed by atoms with Crippen LogP contribution < -0.4 is 5.32 Å². The molecule has 0 heterocycles. The average Bonchev–Trinajstić information content (AvgIpc) is 2.37. The molecule has 0 spiro atoms. The van der Waals surface area contributed by atoms with Crippen LogP contribution >= 0.6 is 0 Å². The van der Waals surface area contributed by atoms with Gasteiger partial charge >= 0.3 is 0 Å². The van der Waals surface area contributed by atoms with E-state index in [1.807, 2.05) is 0 Å². The van der Waals surface area contributed by atoms with Crippen LogP contribution in [0.4, 0.5) is 0 Å². The molecule has 0 saturated heterocycles. The third-order valence-electron chi connectivity index (χ3n) is 4.03. The lowest BCUT2D eigenvalue weighted by atomic mass is 9.69. The lowest BCUT2D eigenvalue weighted by Gasteiger charge is -2.40. The van der Waals surface area contributed by atoms with E-state index in [1.165, 1.54) is 24.8 Å². The van der Waals surface area contributed by atoms with Crippen LogP contribution in [0, 0.1) is 0 Å². The van der Waals surface area contributed by atoms with Crippen molar-refractivity contribution in [3.63, 3.8) is 0 Å². The smallest absolute Gasteiger partial charge is 0.0158 e. The minimum absolute atomic E-state index is 0.282. The number of rotatable bonds is 6. The summed E-state index contributed by atoms with van der Waals surface area (Å²) >= 11 is 0. The summed E-state index contributed by atoms with van der Waals surface area (Å²) in [6, 6.07) is 11.5. The molecule has 1 atom stereocenters. The Hall–Kier alpha value is -0.820. The summed E-state index contributed by atoms with van der Waals surface area (Å²) < 4.78 is 0. The molecule has 1 rings (SSSR count). The molecule has 0 fully saturated rings. The van der Waals surface area contributed by atoms with Crippen molar-refractivity contribution in [3.8, 4) is 0 Å². The van der Waals surface area contributed by atoms with Crippen LogP contribution in [0.2, 0.25) is 0 Å². The van der Waals surface area contributed by atoms with Crippen LogP contribution in [0.25, 0.3) is 0 Å². The molecule has 0 amide bonds. The van der Waals surface area contributed by atoms with Gasteiger partial charge in [-0.1, -0.05) is 51.1 Å². The number of hydrogen-bond donors (Lipinski definition) is 1. The first kappa shape index (κ1) is 13.2. The molecule has 90 valence electrons. The van der Waals surface area contributed by atoms with E-state index >= 15 is 0 Å². The molecule has 0 bridgehead atoms. The van der Waals surface area contributed by atoms with E-state index in [0.29, 0.717) is 6.04 Å². The molecule has 1 unspecified atom stereocenters. The third kappa shape index (κ3) is 2.30. The molecule has 1 N–H and O–H groups in total. The van der Waals surface area contributed by atoms with Crippen LogP contribution in [-0.2, 0) is 5.41 Å². The number of likely N-dealkylation sites (N-methyl/N-ethyl adjacent to an activating group) is 1. The lowest BCUT2D eigenvalue weighted by Crippen LogP contribution is -2.46. The maximum Gasteiger partial charge on any atom is 0.0158 e. The first-order valence-corrected chi connectivity index (χ1v) is 6.47. The zero-order valence-electron chi connectivity index (χ0n) is 11.1. The largest absolute Gasteiger partial charge is 0.316 e. The summed E-state index contributed by atoms with van der Waals surface area (Å²) in [4.78, 5) is 0. The summed E-state index contributed by atoms with van der Waals surface area (Å²) in [6.45, 7) is 6.87. The van der Waals surface area contributed by atoms with E-state index in [0.717, 1.165) is 0 Å². The van der Waals surface area contributed by atoms with E-state index in [4.69, 9.17) is 0 Å². The molecule has 1 aromatic rings. The van der Waals surface area contributed by atoms with Crippen molar-refractivity contribution >= 4 is 0 Å². The molecule has 0 radical (unpaired) electrons. The Balaban J connectivity index is 3.14. The van der Waals surface area contributed by atoms with Gasteiger partial charge in [-0.05, 0) is 31.9 Å². The zero-order chi connectivity index (χ0) is 12.0. The Kier molecular flexibility index (Phi) is 5.01. The van der Waals surface area contributed by atoms with E-state index in [2.05, 4.69) is 63.5 Å². The van der Waals surface area contributed by atoms with Crippen molar-refractivity contribution in [2.24, 2.45) is 0 Å². The Morgan fingerprint density at radius 2 is 1.62 bits per heavy atom. The second kappa shape index (κ2) is 6.05. The molecule has 0 aliphatic heterocycles. The quantitative estimate of drug-likeness (QED) is 0.768. The van der Waals surface area contributed by atoms with E-state index < -0.39 is 0 Å². The molecule has 1 heteroatoms. The van der Waals surface area contributed by atoms with Crippen molar-refractivity contribution in [1.29, 1.82) is 0 Å². The standard InChI is InChI=1S/C15H25N/c1-5-14(16-4)15(6-2,7-3)13-11-9-8-10-12-13/h8-12,14,16H,5-7H2,1-4H3. The Morgan fingerprint density at radius 1 is 1.06 bits per heavy atom. The highest BCUT2D eigenvalue weighted by atomic mass is 14.9. The van der Waals surface area contributed by atoms with Gasteiger partial charge in [-0.3, -0.25) is 0 Å². The Morgan fingerprint density at radius 3 is 2.00 bits per heavy atom. The maximum atomic E-state index is 3.49. The fourth-order valence-electron chi connectivity index (χ4n) is 2.99. The molecule has 1 nitrogen and oxygen atoms in total. The van der Waals surface area contributed by atoms with Gasteiger partial charge in [0.15, 0.2) is 0 Å². The molecular formula is C15H25N. The van der Waals surface area contributed by atoms with Gasteiger partial charge in [-0.2, -0.15) is 0 Å². The fourth-order valence-corrected chi connectivity index (χ4v) is 2.99. The Bertz CT molecular complexity index is 284. The van der Waals surface area contributed by atoms with Gasteiger partial charge in [0.25, 0.3) is 0 Å². The van der Waals surface area contributed by atoms with Crippen molar-refractivity contribution in [3.05, 3.63) is 35.9 Å². The van der Waals surface area contributed by atoms with E-state index in [9.17, 15) is 0 Å². The second-order valence-corrected chi connectivity index (χ2v) is 4.48. The van der Waals surface area contributed by atoms with Crippen LogP contribution in [0.1, 0.15) is 45.6 Å². The SMILES string of the molecule is CCC(NC)C(CC)(CC)c1ccccc1. The zero-order valence-corrected chi connectivity index (χ0v) is 11.1. The van der Waals surface area contributed by atoms with Gasteiger partial charge < -0.3 is 5.32 Å². The predicted molar refractivity (Wildman–Crippen MR) is 71.8 cm³/mol. The van der Waals surface area contributed by atoms with Crippen molar-refractivity contribution in [2.75, 3.05) is 7.05 Å². The molecule has 1 aromatic carbocycles. The van der Waals surface area contributed by atoms with Gasteiger partial charge in [0, 0.05) is 11.5 Å². The Labute approximate surface area is 100 Å². The first-order chi connectivity index (χ1) is 7.75. The van der Waals surface area contributed by atoms with Gasteiger partial charge in [0.1, 0.15) is 0 Å². The van der Waals surface area contributed by atoms with Gasteiger partial charge in [-0.15, -0.1) is 0 Å². The number of benzene rings is 1. The van der Waals surface area contributed by atoms with Gasteiger partial charge in [-0.25, -0.2) is 0 Å². The second-order valence-electron chi connectivity index (χ2n) is 4.48. The highest BCUT2D eigenvalue weighted by Crippen LogP contribution is 2.36. The summed E-state index contributed by atoms with van der Waals surface area (Å²) in [5.41, 5.74) is 1.76. The number of hydrogen-bond acceptors (Lipinski definition) is 1. The number of nitrogens with one attached hydrogen (secondary N) is 1. The molecule has 0 aromatic heterocycles. The molecule has 16 heavy (non-hydrogen) atoms. The third-order valence-corrected chi connectivity index (χ3v) is 4.03. The monoisotopic (exact) mass is 219 g/mol. The van der Waals surface area contributed by atoms with Crippen LogP contribution in [0.3, 0.4) is 0 Å². The van der Waals surface area contributed by atoms with Crippen LogP contribution in [0.5, 0.6) is 0 Å². The highest BCUT2D eigenvalue weighted by Gasteiger charge is 2.35. The van der Waals surface area contributed by atoms with Crippen molar-refractivity contribution < 1.29 is 0 Å². The van der Waals surface area contributed by atoms with Gasteiger partial charge in [0.05, 0.1) is 0 Å². The average molecular weight is 219 g/mol. The topological polar surface area (TPSA) is 12.0 Å². The highest BCUT2D eigenvalue weighted by molar-refractivity contribution is 5.27. The normalized spacial score (nSPS) is 13.8. The van der Waals surface area contributed by atoms with E-state index in [1.54, 1.807) is 0 Å². The molecule has 0 aliphatic rings. The van der Waals surface area contributed by atoms with Crippen molar-refractivity contribution in [1.82, 2.24) is 5.32 Å². The molecule has 0 aliphatic carbocycles. The molecule has 0 saturated carbocycles. The fraction of sp³-hybridized carbons (Fsp3) is 0.600. The summed E-state index contributed by atoms with van der Waals surface area (Å²) in [7, 11) is 2.08. The van der Waals surface area contributed by atoms with Crippen LogP contribution in [-0.4, -0.2) is 13.1 Å². The predicted octanol–water partition coefficient (Wildman–Crippen LogP) is 3.74. The summed E-state index contributed by atoms with van der Waals surface area (Å²) in [6.07, 6.45) is 3.55. The van der Waals surface area contributed by atoms with E-state index in [-0.39, 0.29) is 5.41 Å². The van der Waals surface area contributed by atoms with Crippen LogP contribution in [0.15, 0.2) is 30.3 Å². The summed E-state index contributed by atoms with van der Waals surface area (Å²) in [5.74, 6) is 0. The minimum Gasteiger partial charge on any atom is -0.316 e. The summed E-state index contributed by atoms with van der Waals surface area (Å²) in [5, 5.41) is 3.49.